The highest BCUT2D eigenvalue weighted by molar-refractivity contribution is 9.10. The molecule has 0 aromatic heterocycles. The van der Waals surface area contributed by atoms with Crippen LogP contribution in [0.2, 0.25) is 0 Å². The maximum absolute atomic E-state index is 8.91. The molecule has 0 fully saturated rings. The summed E-state index contributed by atoms with van der Waals surface area (Å²) in [5, 5.41) is 12.4. The van der Waals surface area contributed by atoms with Crippen molar-refractivity contribution in [1.82, 2.24) is 5.32 Å². The predicted molar refractivity (Wildman–Crippen MR) is 93.5 cm³/mol. The zero-order valence-corrected chi connectivity index (χ0v) is 15.1. The Hall–Kier alpha value is -1.05. The van der Waals surface area contributed by atoms with Crippen LogP contribution in [0.15, 0.2) is 22.7 Å². The molecule has 0 bridgehead atoms. The largest absolute Gasteiger partial charge is 0.370 e. The lowest BCUT2D eigenvalue weighted by Gasteiger charge is -2.30. The summed E-state index contributed by atoms with van der Waals surface area (Å²) >= 11 is 3.57. The standard InChI is InChI=1S/C17H26BrN3/c1-5-20-14(4)16-11-15(18)7-8-17(16)21(10-6-9-19)12-13(2)3/h7-8,11,13-14,20H,5-6,10,12H2,1-4H3. The normalized spacial score (nSPS) is 12.2. The zero-order chi connectivity index (χ0) is 15.8. The third kappa shape index (κ3) is 5.68. The van der Waals surface area contributed by atoms with E-state index in [1.807, 2.05) is 0 Å². The van der Waals surface area contributed by atoms with Gasteiger partial charge in [-0.3, -0.25) is 0 Å². The van der Waals surface area contributed by atoms with E-state index in [-0.39, 0.29) is 0 Å². The van der Waals surface area contributed by atoms with Gasteiger partial charge in [-0.2, -0.15) is 5.26 Å². The minimum absolute atomic E-state index is 0.291. The molecule has 0 aliphatic rings. The van der Waals surface area contributed by atoms with E-state index >= 15 is 0 Å². The van der Waals surface area contributed by atoms with E-state index in [1.165, 1.54) is 11.3 Å². The molecule has 0 aliphatic carbocycles. The molecule has 1 rings (SSSR count). The highest BCUT2D eigenvalue weighted by Gasteiger charge is 2.16. The molecule has 116 valence electrons. The molecule has 1 unspecified atom stereocenters. The number of anilines is 1. The highest BCUT2D eigenvalue weighted by atomic mass is 79.9. The van der Waals surface area contributed by atoms with Crippen LogP contribution < -0.4 is 10.2 Å². The number of rotatable bonds is 8. The van der Waals surface area contributed by atoms with Gasteiger partial charge in [0.2, 0.25) is 0 Å². The van der Waals surface area contributed by atoms with Crippen LogP contribution in [0.5, 0.6) is 0 Å². The van der Waals surface area contributed by atoms with Crippen LogP contribution >= 0.6 is 15.9 Å². The third-order valence-corrected chi connectivity index (χ3v) is 3.88. The summed E-state index contributed by atoms with van der Waals surface area (Å²) in [4.78, 5) is 2.34. The van der Waals surface area contributed by atoms with Crippen LogP contribution in [0.4, 0.5) is 5.69 Å². The van der Waals surface area contributed by atoms with Crippen LogP contribution in [0.3, 0.4) is 0 Å². The average molecular weight is 352 g/mol. The number of halogens is 1. The van der Waals surface area contributed by atoms with Crippen molar-refractivity contribution in [2.24, 2.45) is 5.92 Å². The third-order valence-electron chi connectivity index (χ3n) is 3.39. The van der Waals surface area contributed by atoms with Crippen molar-refractivity contribution in [1.29, 1.82) is 5.26 Å². The summed E-state index contributed by atoms with van der Waals surface area (Å²) in [6.07, 6.45) is 0.553. The van der Waals surface area contributed by atoms with Crippen LogP contribution in [0.25, 0.3) is 0 Å². The Morgan fingerprint density at radius 1 is 1.33 bits per heavy atom. The van der Waals surface area contributed by atoms with Crippen molar-refractivity contribution in [2.45, 2.75) is 40.2 Å². The second kappa shape index (κ2) is 9.07. The summed E-state index contributed by atoms with van der Waals surface area (Å²) in [6.45, 7) is 11.4. The van der Waals surface area contributed by atoms with E-state index < -0.39 is 0 Å². The first-order valence-electron chi connectivity index (χ1n) is 7.64. The van der Waals surface area contributed by atoms with Crippen LogP contribution in [0.1, 0.15) is 45.7 Å². The van der Waals surface area contributed by atoms with Gasteiger partial charge >= 0.3 is 0 Å². The molecule has 0 saturated carbocycles. The topological polar surface area (TPSA) is 39.1 Å². The maximum atomic E-state index is 8.91. The van der Waals surface area contributed by atoms with Gasteiger partial charge in [-0.1, -0.05) is 36.7 Å². The first-order chi connectivity index (χ1) is 9.99. The fourth-order valence-corrected chi connectivity index (χ4v) is 2.89. The van der Waals surface area contributed by atoms with Gasteiger partial charge in [-0.05, 0) is 43.1 Å². The molecule has 0 spiro atoms. The maximum Gasteiger partial charge on any atom is 0.0640 e. The number of nitrogens with zero attached hydrogens (tertiary/aromatic N) is 2. The minimum atomic E-state index is 0.291. The lowest BCUT2D eigenvalue weighted by Crippen LogP contribution is -2.31. The monoisotopic (exact) mass is 351 g/mol. The fraction of sp³-hybridized carbons (Fsp3) is 0.588. The second-order valence-electron chi connectivity index (χ2n) is 5.73. The molecule has 1 atom stereocenters. The van der Waals surface area contributed by atoms with Crippen molar-refractivity contribution >= 4 is 21.6 Å². The summed E-state index contributed by atoms with van der Waals surface area (Å²) in [7, 11) is 0. The van der Waals surface area contributed by atoms with E-state index in [2.05, 4.69) is 78.1 Å². The van der Waals surface area contributed by atoms with Crippen molar-refractivity contribution in [2.75, 3.05) is 24.5 Å². The summed E-state index contributed by atoms with van der Waals surface area (Å²) in [5.74, 6) is 0.564. The number of benzene rings is 1. The van der Waals surface area contributed by atoms with Gasteiger partial charge in [0.15, 0.2) is 0 Å². The van der Waals surface area contributed by atoms with E-state index in [0.717, 1.165) is 24.1 Å². The summed E-state index contributed by atoms with van der Waals surface area (Å²) in [5.41, 5.74) is 2.51. The molecule has 0 amide bonds. The molecule has 0 heterocycles. The molecular formula is C17H26BrN3. The molecular weight excluding hydrogens is 326 g/mol. The van der Waals surface area contributed by atoms with Gasteiger partial charge < -0.3 is 10.2 Å². The molecule has 0 aliphatic heterocycles. The first-order valence-corrected chi connectivity index (χ1v) is 8.43. The van der Waals surface area contributed by atoms with Gasteiger partial charge in [-0.15, -0.1) is 0 Å². The molecule has 1 N–H and O–H groups in total. The average Bonchev–Trinajstić information content (AvgIpc) is 2.43. The Kier molecular flexibility index (Phi) is 7.77. The van der Waals surface area contributed by atoms with Crippen LogP contribution in [0, 0.1) is 17.2 Å². The molecule has 4 heteroatoms. The zero-order valence-electron chi connectivity index (χ0n) is 13.5. The minimum Gasteiger partial charge on any atom is -0.370 e. The Bertz CT molecular complexity index is 479. The van der Waals surface area contributed by atoms with Gasteiger partial charge in [-0.25, -0.2) is 0 Å². The van der Waals surface area contributed by atoms with E-state index in [4.69, 9.17) is 5.26 Å². The number of hydrogen-bond acceptors (Lipinski definition) is 3. The second-order valence-corrected chi connectivity index (χ2v) is 6.65. The number of nitrogens with one attached hydrogen (secondary N) is 1. The predicted octanol–water partition coefficient (Wildman–Crippen LogP) is 4.50. The van der Waals surface area contributed by atoms with Gasteiger partial charge in [0, 0.05) is 29.3 Å². The Balaban J connectivity index is 3.13. The quantitative estimate of drug-likeness (QED) is 0.749. The van der Waals surface area contributed by atoms with Gasteiger partial charge in [0.1, 0.15) is 0 Å². The van der Waals surface area contributed by atoms with Gasteiger partial charge in [0.05, 0.1) is 12.5 Å². The Morgan fingerprint density at radius 2 is 2.05 bits per heavy atom. The SMILES string of the molecule is CCNC(C)c1cc(Br)ccc1N(CCC#N)CC(C)C. The van der Waals surface area contributed by atoms with Crippen molar-refractivity contribution in [3.8, 4) is 6.07 Å². The Labute approximate surface area is 137 Å². The molecule has 1 aromatic rings. The van der Waals surface area contributed by atoms with Crippen molar-refractivity contribution in [3.63, 3.8) is 0 Å². The lowest BCUT2D eigenvalue weighted by atomic mass is 10.0. The Morgan fingerprint density at radius 3 is 2.62 bits per heavy atom. The molecule has 21 heavy (non-hydrogen) atoms. The fourth-order valence-electron chi connectivity index (χ4n) is 2.51. The smallest absolute Gasteiger partial charge is 0.0640 e. The summed E-state index contributed by atoms with van der Waals surface area (Å²) < 4.78 is 1.09. The van der Waals surface area contributed by atoms with Crippen LogP contribution in [-0.4, -0.2) is 19.6 Å². The molecule has 0 saturated heterocycles. The summed E-state index contributed by atoms with van der Waals surface area (Å²) in [6, 6.07) is 8.97. The number of hydrogen-bond donors (Lipinski definition) is 1. The van der Waals surface area contributed by atoms with Crippen molar-refractivity contribution in [3.05, 3.63) is 28.2 Å². The van der Waals surface area contributed by atoms with Crippen LogP contribution in [-0.2, 0) is 0 Å². The lowest BCUT2D eigenvalue weighted by molar-refractivity contribution is 0.582. The highest BCUT2D eigenvalue weighted by Crippen LogP contribution is 2.30. The van der Waals surface area contributed by atoms with Crippen molar-refractivity contribution < 1.29 is 0 Å². The van der Waals surface area contributed by atoms with E-state index in [0.29, 0.717) is 18.4 Å². The first kappa shape index (κ1) is 18.0. The van der Waals surface area contributed by atoms with Gasteiger partial charge in [0.25, 0.3) is 0 Å². The molecule has 0 radical (unpaired) electrons. The van der Waals surface area contributed by atoms with E-state index in [1.54, 1.807) is 0 Å². The van der Waals surface area contributed by atoms with E-state index in [9.17, 15) is 0 Å². The molecule has 1 aromatic carbocycles. The number of nitriles is 1. The molecule has 3 nitrogen and oxygen atoms in total.